The van der Waals surface area contributed by atoms with Gasteiger partial charge >= 0.3 is 0 Å². The Kier molecular flexibility index (Phi) is 24.2. The number of nitrogens with one attached hydrogen (secondary N) is 1. The number of fused-ring (bicyclic) bond motifs is 1. The Morgan fingerprint density at radius 1 is 1.23 bits per heavy atom. The Hall–Kier alpha value is -3.16. The first-order valence-electron chi connectivity index (χ1n) is 12.5. The fourth-order valence-corrected chi connectivity index (χ4v) is 3.22. The van der Waals surface area contributed by atoms with Gasteiger partial charge in [-0.05, 0) is 40.3 Å². The smallest absolute Gasteiger partial charge is 0.199 e. The predicted octanol–water partition coefficient (Wildman–Crippen LogP) is 3.73. The van der Waals surface area contributed by atoms with E-state index in [9.17, 15) is 4.79 Å². The van der Waals surface area contributed by atoms with E-state index in [0.717, 1.165) is 30.5 Å². The van der Waals surface area contributed by atoms with Crippen molar-refractivity contribution in [2.75, 3.05) is 45.7 Å². The number of benzene rings is 1. The molecule has 11 nitrogen and oxygen atoms in total. The normalized spacial score (nSPS) is 9.88. The van der Waals surface area contributed by atoms with Crippen molar-refractivity contribution in [3.05, 3.63) is 61.2 Å². The molecule has 0 atom stereocenters. The molecule has 2 aromatic heterocycles. The lowest BCUT2D eigenvalue weighted by Crippen LogP contribution is -2.25. The number of nitrogens with two attached hydrogens (primary N) is 1. The number of aliphatic hydroxyl groups excluding tert-OH is 1. The van der Waals surface area contributed by atoms with Gasteiger partial charge in [-0.15, -0.1) is 6.58 Å². The van der Waals surface area contributed by atoms with Gasteiger partial charge in [0, 0.05) is 26.8 Å². The fraction of sp³-hybridized carbons (Fsp3) is 0.464. The second-order valence-corrected chi connectivity index (χ2v) is 9.27. The van der Waals surface area contributed by atoms with E-state index < -0.39 is 5.41 Å². The van der Waals surface area contributed by atoms with Crippen LogP contribution in [0.25, 0.3) is 11.2 Å². The first-order valence-corrected chi connectivity index (χ1v) is 13.5. The summed E-state index contributed by atoms with van der Waals surface area (Å²) in [6.07, 6.45) is 4.89. The molecule has 0 radical (unpaired) electrons. The highest BCUT2D eigenvalue weighted by molar-refractivity contribution is 8.13. The molecule has 3 rings (SSSR count). The number of thioether (sulfide) groups is 1. The summed E-state index contributed by atoms with van der Waals surface area (Å²) >= 11 is 1.09. The molecule has 3 aromatic rings. The molecule has 0 unspecified atom stereocenters. The number of aliphatic hydroxyl groups is 1. The zero-order valence-electron chi connectivity index (χ0n) is 24.6. The van der Waals surface area contributed by atoms with E-state index >= 15 is 0 Å². The number of nitrogen functional groups attached to an aromatic ring is 1. The molecular weight excluding hydrogens is 532 g/mol. The van der Waals surface area contributed by atoms with E-state index in [1.165, 1.54) is 19.0 Å². The highest BCUT2D eigenvalue weighted by Gasteiger charge is 2.26. The third-order valence-electron chi connectivity index (χ3n) is 4.59. The summed E-state index contributed by atoms with van der Waals surface area (Å²) in [5.41, 5.74) is 7.75. The van der Waals surface area contributed by atoms with Gasteiger partial charge in [0.05, 0.1) is 30.9 Å². The summed E-state index contributed by atoms with van der Waals surface area (Å²) in [7, 11) is 3.49. The Morgan fingerprint density at radius 2 is 1.85 bits per heavy atom. The lowest BCUT2D eigenvalue weighted by atomic mass is 9.97. The number of allylic oxidation sites excluding steroid dienone is 1. The van der Waals surface area contributed by atoms with Gasteiger partial charge in [-0.1, -0.05) is 48.2 Å². The van der Waals surface area contributed by atoms with Crippen molar-refractivity contribution >= 4 is 40.6 Å². The number of carbonyl (C=O) groups excluding carboxylic acids is 2. The maximum atomic E-state index is 11.2. The number of nitrogens with zero attached hydrogens (tertiary/aromatic N) is 4. The minimum absolute atomic E-state index is 0.0400. The SMILES string of the molecule is C=CC.C=O.CCOCCn1cnc2c(N)ncnc21.CNCc1ccccc1.COCSC(=O)C(C)(C)CO. The molecule has 0 aliphatic carbocycles. The van der Waals surface area contributed by atoms with E-state index in [-0.39, 0.29) is 11.7 Å². The number of hydrogen-bond acceptors (Lipinski definition) is 11. The van der Waals surface area contributed by atoms with Crippen molar-refractivity contribution in [1.82, 2.24) is 24.8 Å². The molecular formula is C28H46N6O5S. The molecule has 0 spiro atoms. The molecule has 224 valence electrons. The van der Waals surface area contributed by atoms with Crippen LogP contribution < -0.4 is 11.1 Å². The van der Waals surface area contributed by atoms with Crippen LogP contribution in [0.15, 0.2) is 55.6 Å². The first kappa shape index (κ1) is 39.0. The zero-order chi connectivity index (χ0) is 30.8. The van der Waals surface area contributed by atoms with Crippen molar-refractivity contribution in [3.63, 3.8) is 0 Å². The second-order valence-electron chi connectivity index (χ2n) is 8.37. The highest BCUT2D eigenvalue weighted by atomic mass is 32.2. The fourth-order valence-electron chi connectivity index (χ4n) is 2.54. The molecule has 0 aliphatic heterocycles. The van der Waals surface area contributed by atoms with E-state index in [1.54, 1.807) is 26.3 Å². The van der Waals surface area contributed by atoms with Gasteiger partial charge in [-0.2, -0.15) is 0 Å². The number of rotatable bonds is 10. The van der Waals surface area contributed by atoms with Crippen molar-refractivity contribution in [2.45, 2.75) is 40.8 Å². The van der Waals surface area contributed by atoms with Crippen LogP contribution in [0.4, 0.5) is 5.82 Å². The van der Waals surface area contributed by atoms with E-state index in [4.69, 9.17) is 25.1 Å². The van der Waals surface area contributed by atoms with Gasteiger partial charge in [-0.3, -0.25) is 4.79 Å². The molecule has 0 saturated carbocycles. The number of ether oxygens (including phenoxy) is 2. The second kappa shape index (κ2) is 24.9. The third kappa shape index (κ3) is 16.7. The summed E-state index contributed by atoms with van der Waals surface area (Å²) in [6, 6.07) is 10.3. The average Bonchev–Trinajstić information content (AvgIpc) is 3.39. The summed E-state index contributed by atoms with van der Waals surface area (Å²) in [4.78, 5) is 31.3. The van der Waals surface area contributed by atoms with Crippen LogP contribution in [0, 0.1) is 5.41 Å². The number of aromatic nitrogens is 4. The lowest BCUT2D eigenvalue weighted by Gasteiger charge is -2.18. The van der Waals surface area contributed by atoms with Gasteiger partial charge in [0.15, 0.2) is 16.6 Å². The quantitative estimate of drug-likeness (QED) is 0.183. The maximum Gasteiger partial charge on any atom is 0.199 e. The van der Waals surface area contributed by atoms with Gasteiger partial charge in [0.2, 0.25) is 0 Å². The molecule has 0 amide bonds. The van der Waals surface area contributed by atoms with Crippen LogP contribution >= 0.6 is 11.8 Å². The van der Waals surface area contributed by atoms with Crippen LogP contribution in [0.3, 0.4) is 0 Å². The molecule has 1 aromatic carbocycles. The summed E-state index contributed by atoms with van der Waals surface area (Å²) in [6.45, 7) is 15.5. The number of methoxy groups -OCH3 is 1. The van der Waals surface area contributed by atoms with Crippen molar-refractivity contribution in [1.29, 1.82) is 0 Å². The molecule has 2 heterocycles. The van der Waals surface area contributed by atoms with Gasteiger partial charge in [-0.25, -0.2) is 15.0 Å². The van der Waals surface area contributed by atoms with Crippen LogP contribution in [0.2, 0.25) is 0 Å². The van der Waals surface area contributed by atoms with Crippen molar-refractivity contribution in [3.8, 4) is 0 Å². The topological polar surface area (TPSA) is 154 Å². The average molecular weight is 579 g/mol. The zero-order valence-corrected chi connectivity index (χ0v) is 25.4. The maximum absolute atomic E-state index is 11.2. The largest absolute Gasteiger partial charge is 0.395 e. The Labute approximate surface area is 242 Å². The molecule has 0 bridgehead atoms. The monoisotopic (exact) mass is 578 g/mol. The Balaban J connectivity index is 0. The molecule has 12 heteroatoms. The summed E-state index contributed by atoms with van der Waals surface area (Å²) in [5, 5.41) is 11.8. The van der Waals surface area contributed by atoms with Crippen molar-refractivity contribution in [2.24, 2.45) is 5.41 Å². The molecule has 0 saturated heterocycles. The molecule has 0 aliphatic rings. The van der Waals surface area contributed by atoms with Crippen LogP contribution in [-0.4, -0.2) is 76.4 Å². The molecule has 0 fully saturated rings. The Morgan fingerprint density at radius 3 is 2.38 bits per heavy atom. The number of carbonyl (C=O) groups is 2. The molecule has 4 N–H and O–H groups in total. The predicted molar refractivity (Wildman–Crippen MR) is 164 cm³/mol. The number of imidazole rings is 1. The lowest BCUT2D eigenvalue weighted by molar-refractivity contribution is -0.120. The summed E-state index contributed by atoms with van der Waals surface area (Å²) in [5.74, 6) is 0.762. The van der Waals surface area contributed by atoms with Gasteiger partial charge in [0.25, 0.3) is 0 Å². The highest BCUT2D eigenvalue weighted by Crippen LogP contribution is 2.22. The van der Waals surface area contributed by atoms with Gasteiger partial charge in [0.1, 0.15) is 18.6 Å². The number of hydrogen-bond donors (Lipinski definition) is 3. The first-order chi connectivity index (χ1) is 19.2. The Bertz CT molecular complexity index is 1050. The van der Waals surface area contributed by atoms with Crippen LogP contribution in [0.1, 0.15) is 33.3 Å². The number of anilines is 1. The van der Waals surface area contributed by atoms with Crippen LogP contribution in [-0.2, 0) is 32.2 Å². The minimum atomic E-state index is -0.650. The standard InChI is InChI=1S/C9H13N5O.C8H11N.C7H14O3S.C3H6.CH2O/c1-2-15-4-3-14-6-13-7-8(10)11-5-12-9(7)14;1-9-7-8-5-3-2-4-6-8;1-7(2,4-8)6(9)11-5-10-3;1-3-2;1-2/h5-6H,2-4H2,1H3,(H2,10,11,12);2-6,9H,7H2,1H3;8H,4-5H2,1-3H3;3H,1H2,2H3;1H2. The summed E-state index contributed by atoms with van der Waals surface area (Å²) < 4.78 is 11.9. The minimum Gasteiger partial charge on any atom is -0.395 e. The molecule has 40 heavy (non-hydrogen) atoms. The van der Waals surface area contributed by atoms with Crippen molar-refractivity contribution < 1.29 is 24.2 Å². The van der Waals surface area contributed by atoms with E-state index in [0.29, 0.717) is 30.5 Å². The van der Waals surface area contributed by atoms with E-state index in [2.05, 4.69) is 39.0 Å². The van der Waals surface area contributed by atoms with E-state index in [1.807, 2.05) is 50.5 Å². The van der Waals surface area contributed by atoms with Crippen LogP contribution in [0.5, 0.6) is 0 Å². The third-order valence-corrected chi connectivity index (χ3v) is 5.76. The van der Waals surface area contributed by atoms with Gasteiger partial charge < -0.3 is 35.0 Å².